The molecule has 0 aromatic carbocycles. The molecule has 7 heteroatoms. The maximum Gasteiger partial charge on any atom is 0.451 e. The van der Waals surface area contributed by atoms with E-state index in [2.05, 4.69) is 9.97 Å². The normalized spacial score (nSPS) is 11.6. The van der Waals surface area contributed by atoms with Gasteiger partial charge < -0.3 is 4.90 Å². The molecule has 0 spiro atoms. The molecule has 0 aliphatic carbocycles. The number of hydrogen-bond donors (Lipinski definition) is 0. The Kier molecular flexibility index (Phi) is 3.38. The van der Waals surface area contributed by atoms with E-state index in [1.807, 2.05) is 0 Å². The van der Waals surface area contributed by atoms with Crippen molar-refractivity contribution in [2.24, 2.45) is 0 Å². The van der Waals surface area contributed by atoms with Crippen LogP contribution in [-0.4, -0.2) is 23.6 Å². The number of nitrogens with zero attached hydrogens (tertiary/aromatic N) is 3. The van der Waals surface area contributed by atoms with E-state index < -0.39 is 12.0 Å². The number of hydrogen-bond acceptors (Lipinski definition) is 3. The molecule has 0 radical (unpaired) electrons. The molecule has 1 aromatic rings. The molecule has 0 saturated heterocycles. The van der Waals surface area contributed by atoms with Gasteiger partial charge in [-0.2, -0.15) is 13.2 Å². The predicted molar refractivity (Wildman–Crippen MR) is 51.0 cm³/mol. The van der Waals surface area contributed by atoms with Crippen LogP contribution in [0, 0.1) is 0 Å². The largest absolute Gasteiger partial charge is 0.451 e. The zero-order valence-electron chi connectivity index (χ0n) is 8.14. The average Bonchev–Trinajstić information content (AvgIpc) is 2.14. The van der Waals surface area contributed by atoms with Gasteiger partial charge in [0.15, 0.2) is 0 Å². The van der Waals surface area contributed by atoms with Crippen LogP contribution in [0.1, 0.15) is 12.7 Å². The molecule has 0 unspecified atom stereocenters. The monoisotopic (exact) mass is 239 g/mol. The minimum Gasteiger partial charge on any atom is -0.360 e. The van der Waals surface area contributed by atoms with E-state index in [1.54, 1.807) is 18.9 Å². The van der Waals surface area contributed by atoms with Crippen LogP contribution in [0.15, 0.2) is 6.07 Å². The quantitative estimate of drug-likeness (QED) is 0.743. The van der Waals surface area contributed by atoms with Crippen LogP contribution in [0.3, 0.4) is 0 Å². The van der Waals surface area contributed by atoms with Gasteiger partial charge >= 0.3 is 6.18 Å². The van der Waals surface area contributed by atoms with Crippen molar-refractivity contribution in [1.82, 2.24) is 9.97 Å². The van der Waals surface area contributed by atoms with Gasteiger partial charge in [-0.1, -0.05) is 11.6 Å². The molecule has 0 aliphatic heterocycles. The minimum atomic E-state index is -4.58. The molecule has 1 aromatic heterocycles. The summed E-state index contributed by atoms with van der Waals surface area (Å²) in [4.78, 5) is 8.05. The summed E-state index contributed by atoms with van der Waals surface area (Å²) in [5, 5.41) is -0.215. The molecule has 84 valence electrons. The number of aromatic nitrogens is 2. The summed E-state index contributed by atoms with van der Waals surface area (Å²) in [6.45, 7) is 2.33. The molecule has 0 fully saturated rings. The molecule has 0 aliphatic rings. The van der Waals surface area contributed by atoms with E-state index in [4.69, 9.17) is 11.6 Å². The second-order valence-corrected chi connectivity index (χ2v) is 3.27. The van der Waals surface area contributed by atoms with Crippen LogP contribution in [0.2, 0.25) is 5.15 Å². The highest BCUT2D eigenvalue weighted by atomic mass is 35.5. The van der Waals surface area contributed by atoms with Gasteiger partial charge in [-0.05, 0) is 6.92 Å². The minimum absolute atomic E-state index is 0.157. The van der Waals surface area contributed by atoms with Gasteiger partial charge in [-0.15, -0.1) is 0 Å². The van der Waals surface area contributed by atoms with Gasteiger partial charge in [-0.25, -0.2) is 9.97 Å². The lowest BCUT2D eigenvalue weighted by Gasteiger charge is -2.16. The molecular weight excluding hydrogens is 231 g/mol. The number of halogens is 4. The van der Waals surface area contributed by atoms with E-state index in [-0.39, 0.29) is 11.0 Å². The smallest absolute Gasteiger partial charge is 0.360 e. The fraction of sp³-hybridized carbons (Fsp3) is 0.500. The van der Waals surface area contributed by atoms with Crippen LogP contribution in [0.4, 0.5) is 19.0 Å². The highest BCUT2D eigenvalue weighted by Gasteiger charge is 2.35. The molecule has 15 heavy (non-hydrogen) atoms. The third-order valence-corrected chi connectivity index (χ3v) is 1.99. The fourth-order valence-corrected chi connectivity index (χ4v) is 1.07. The second kappa shape index (κ2) is 4.22. The Bertz CT molecular complexity index is 353. The predicted octanol–water partition coefficient (Wildman–Crippen LogP) is 2.60. The lowest BCUT2D eigenvalue weighted by molar-refractivity contribution is -0.144. The second-order valence-electron chi connectivity index (χ2n) is 2.88. The topological polar surface area (TPSA) is 29.0 Å². The van der Waals surface area contributed by atoms with Gasteiger partial charge in [0.25, 0.3) is 0 Å². The highest BCUT2D eigenvalue weighted by Crippen LogP contribution is 2.28. The van der Waals surface area contributed by atoms with Crippen LogP contribution < -0.4 is 4.90 Å². The van der Waals surface area contributed by atoms with Crippen LogP contribution in [-0.2, 0) is 6.18 Å². The molecule has 0 saturated carbocycles. The Labute approximate surface area is 89.9 Å². The van der Waals surface area contributed by atoms with E-state index >= 15 is 0 Å². The van der Waals surface area contributed by atoms with Crippen molar-refractivity contribution in [2.45, 2.75) is 13.1 Å². The van der Waals surface area contributed by atoms with Crippen molar-refractivity contribution < 1.29 is 13.2 Å². The molecule has 0 amide bonds. The standard InChI is InChI=1S/C8H9ClF3N3/c1-3-15(2)6-4-5(9)13-7(14-6)8(10,11)12/h4H,3H2,1-2H3. The van der Waals surface area contributed by atoms with Crippen molar-refractivity contribution in [3.63, 3.8) is 0 Å². The molecular formula is C8H9ClF3N3. The molecule has 0 bridgehead atoms. The summed E-state index contributed by atoms with van der Waals surface area (Å²) in [6, 6.07) is 1.29. The summed E-state index contributed by atoms with van der Waals surface area (Å²) in [6.07, 6.45) is -4.58. The van der Waals surface area contributed by atoms with E-state index in [0.717, 1.165) is 0 Å². The Morgan fingerprint density at radius 3 is 2.47 bits per heavy atom. The van der Waals surface area contributed by atoms with Gasteiger partial charge in [0, 0.05) is 19.7 Å². The van der Waals surface area contributed by atoms with Crippen molar-refractivity contribution >= 4 is 17.4 Å². The lowest BCUT2D eigenvalue weighted by atomic mass is 10.4. The number of alkyl halides is 3. The SMILES string of the molecule is CCN(C)c1cc(Cl)nc(C(F)(F)F)n1. The Morgan fingerprint density at radius 2 is 2.00 bits per heavy atom. The van der Waals surface area contributed by atoms with E-state index in [1.165, 1.54) is 6.07 Å². The third kappa shape index (κ3) is 2.95. The first-order valence-corrected chi connectivity index (χ1v) is 4.55. The Morgan fingerprint density at radius 1 is 1.40 bits per heavy atom. The number of rotatable bonds is 2. The maximum atomic E-state index is 12.3. The zero-order valence-corrected chi connectivity index (χ0v) is 8.89. The average molecular weight is 240 g/mol. The summed E-state index contributed by atoms with van der Waals surface area (Å²) in [5.74, 6) is -1.06. The summed E-state index contributed by atoms with van der Waals surface area (Å²) >= 11 is 5.48. The van der Waals surface area contributed by atoms with Crippen LogP contribution >= 0.6 is 11.6 Å². The first-order valence-electron chi connectivity index (χ1n) is 4.17. The number of anilines is 1. The molecule has 0 atom stereocenters. The van der Waals surface area contributed by atoms with Gasteiger partial charge in [0.1, 0.15) is 11.0 Å². The molecule has 0 N–H and O–H groups in total. The molecule has 1 rings (SSSR count). The highest BCUT2D eigenvalue weighted by molar-refractivity contribution is 6.29. The Hall–Kier alpha value is -1.04. The summed E-state index contributed by atoms with van der Waals surface area (Å²) in [7, 11) is 1.62. The van der Waals surface area contributed by atoms with Gasteiger partial charge in [-0.3, -0.25) is 0 Å². The van der Waals surface area contributed by atoms with Crippen molar-refractivity contribution in [3.05, 3.63) is 17.0 Å². The zero-order chi connectivity index (χ0) is 11.6. The lowest BCUT2D eigenvalue weighted by Crippen LogP contribution is -2.20. The van der Waals surface area contributed by atoms with Crippen molar-refractivity contribution in [1.29, 1.82) is 0 Å². The van der Waals surface area contributed by atoms with Crippen molar-refractivity contribution in [3.8, 4) is 0 Å². The molecule has 3 nitrogen and oxygen atoms in total. The maximum absolute atomic E-state index is 12.3. The fourth-order valence-electron chi connectivity index (χ4n) is 0.890. The summed E-state index contributed by atoms with van der Waals surface area (Å²) < 4.78 is 36.9. The van der Waals surface area contributed by atoms with Crippen LogP contribution in [0.25, 0.3) is 0 Å². The van der Waals surface area contributed by atoms with Gasteiger partial charge in [0.2, 0.25) is 5.82 Å². The first-order chi connectivity index (χ1) is 6.84. The first kappa shape index (κ1) is 12.0. The van der Waals surface area contributed by atoms with E-state index in [9.17, 15) is 13.2 Å². The summed E-state index contributed by atoms with van der Waals surface area (Å²) in [5.41, 5.74) is 0. The van der Waals surface area contributed by atoms with Crippen molar-refractivity contribution in [2.75, 3.05) is 18.5 Å². The van der Waals surface area contributed by atoms with Gasteiger partial charge in [0.05, 0.1) is 0 Å². The van der Waals surface area contributed by atoms with E-state index in [0.29, 0.717) is 6.54 Å². The third-order valence-electron chi connectivity index (χ3n) is 1.80. The van der Waals surface area contributed by atoms with Crippen LogP contribution in [0.5, 0.6) is 0 Å². The molecule has 1 heterocycles. The Balaban J connectivity index is 3.17.